The third-order valence-electron chi connectivity index (χ3n) is 5.48. The van der Waals surface area contributed by atoms with Gasteiger partial charge in [-0.25, -0.2) is 0 Å². The molecule has 12 N–H and O–H groups in total. The first-order chi connectivity index (χ1) is 17.7. The lowest BCUT2D eigenvalue weighted by atomic mass is 10.1. The first-order valence-electron chi connectivity index (χ1n) is 12.3. The molecule has 0 aliphatic carbocycles. The summed E-state index contributed by atoms with van der Waals surface area (Å²) in [6, 6.07) is 5.49. The van der Waals surface area contributed by atoms with Gasteiger partial charge in [-0.05, 0) is 63.7 Å². The van der Waals surface area contributed by atoms with Gasteiger partial charge in [-0.2, -0.15) is 0 Å². The molecule has 0 radical (unpaired) electrons. The summed E-state index contributed by atoms with van der Waals surface area (Å²) in [6.45, 7) is 0.309. The first kappa shape index (κ1) is 31.5. The van der Waals surface area contributed by atoms with Crippen molar-refractivity contribution < 1.29 is 24.0 Å². The van der Waals surface area contributed by atoms with Crippen molar-refractivity contribution in [2.75, 3.05) is 26.2 Å². The highest BCUT2D eigenvalue weighted by atomic mass is 16.2. The van der Waals surface area contributed by atoms with Gasteiger partial charge in [-0.15, -0.1) is 0 Å². The van der Waals surface area contributed by atoms with Crippen LogP contribution < -0.4 is 44.2 Å². The molecule has 5 amide bonds. The van der Waals surface area contributed by atoms with Gasteiger partial charge in [-0.1, -0.05) is 18.2 Å². The van der Waals surface area contributed by atoms with Crippen molar-refractivity contribution >= 4 is 29.5 Å². The number of nitrogens with two attached hydrogens (primary N) is 4. The molecular weight excluding hydrogens is 480 g/mol. The standard InChI is InChI=1S/C24H40N8O5/c25-12-6-4-10-18(21(28)34)31-20(33)15-30-24(37)19(11-5-7-13-26)32-23(36)17(27)14-29-22(35)16-8-2-1-3-9-16/h1-3,8-9,17-19H,4-7,10-15,25-27H2,(H2,28,34)(H,29,35)(H,30,37)(H,31,33)(H,32,36)/t17?,18?,19-/m0/s1. The summed E-state index contributed by atoms with van der Waals surface area (Å²) in [5.41, 5.74) is 22.6. The normalized spacial score (nSPS) is 13.1. The van der Waals surface area contributed by atoms with Crippen molar-refractivity contribution in [1.29, 1.82) is 0 Å². The van der Waals surface area contributed by atoms with Gasteiger partial charge in [-0.3, -0.25) is 24.0 Å². The molecular formula is C24H40N8O5. The van der Waals surface area contributed by atoms with E-state index in [0.29, 0.717) is 50.8 Å². The van der Waals surface area contributed by atoms with Gasteiger partial charge in [0, 0.05) is 12.1 Å². The summed E-state index contributed by atoms with van der Waals surface area (Å²) in [4.78, 5) is 61.3. The lowest BCUT2D eigenvalue weighted by molar-refractivity contribution is -0.131. The average molecular weight is 521 g/mol. The fraction of sp³-hybridized carbons (Fsp3) is 0.542. The van der Waals surface area contributed by atoms with Gasteiger partial charge < -0.3 is 44.2 Å². The Morgan fingerprint density at radius 1 is 0.757 bits per heavy atom. The van der Waals surface area contributed by atoms with Gasteiger partial charge in [0.1, 0.15) is 18.1 Å². The lowest BCUT2D eigenvalue weighted by Crippen LogP contribution is -2.55. The topological polar surface area (TPSA) is 238 Å². The Morgan fingerprint density at radius 2 is 1.35 bits per heavy atom. The molecule has 1 aromatic carbocycles. The summed E-state index contributed by atoms with van der Waals surface area (Å²) in [6.07, 6.45) is 3.07. The van der Waals surface area contributed by atoms with Gasteiger partial charge in [0.25, 0.3) is 5.91 Å². The third-order valence-corrected chi connectivity index (χ3v) is 5.48. The van der Waals surface area contributed by atoms with E-state index in [1.54, 1.807) is 30.3 Å². The van der Waals surface area contributed by atoms with Crippen LogP contribution in [0.1, 0.15) is 48.9 Å². The smallest absolute Gasteiger partial charge is 0.251 e. The van der Waals surface area contributed by atoms with E-state index in [4.69, 9.17) is 22.9 Å². The number of carbonyl (C=O) groups excluding carboxylic acids is 5. The summed E-state index contributed by atoms with van der Waals surface area (Å²) in [5.74, 6) is -2.90. The van der Waals surface area contributed by atoms with Crippen LogP contribution in [0.5, 0.6) is 0 Å². The number of unbranched alkanes of at least 4 members (excludes halogenated alkanes) is 2. The Balaban J connectivity index is 2.62. The van der Waals surface area contributed by atoms with E-state index in [9.17, 15) is 24.0 Å². The molecule has 0 heterocycles. The Morgan fingerprint density at radius 3 is 1.92 bits per heavy atom. The number of rotatable bonds is 18. The van der Waals surface area contributed by atoms with Gasteiger partial charge >= 0.3 is 0 Å². The molecule has 0 saturated heterocycles. The minimum Gasteiger partial charge on any atom is -0.368 e. The Labute approximate surface area is 216 Å². The van der Waals surface area contributed by atoms with Crippen LogP contribution in [0.4, 0.5) is 0 Å². The van der Waals surface area contributed by atoms with Gasteiger partial charge in [0.15, 0.2) is 0 Å². The number of primary amides is 1. The highest BCUT2D eigenvalue weighted by Gasteiger charge is 2.25. The van der Waals surface area contributed by atoms with Crippen molar-refractivity contribution in [2.45, 2.75) is 56.7 Å². The fourth-order valence-corrected chi connectivity index (χ4v) is 3.34. The summed E-state index contributed by atoms with van der Waals surface area (Å²) in [5, 5.41) is 10.1. The molecule has 37 heavy (non-hydrogen) atoms. The Kier molecular flexibility index (Phi) is 15.2. The van der Waals surface area contributed by atoms with Crippen LogP contribution in [0.15, 0.2) is 30.3 Å². The molecule has 0 fully saturated rings. The predicted octanol–water partition coefficient (Wildman–Crippen LogP) is -2.43. The lowest BCUT2D eigenvalue weighted by Gasteiger charge is -2.21. The second-order valence-corrected chi connectivity index (χ2v) is 8.55. The Bertz CT molecular complexity index is 883. The summed E-state index contributed by atoms with van der Waals surface area (Å²) < 4.78 is 0. The number of benzene rings is 1. The minimum absolute atomic E-state index is 0.141. The SMILES string of the molecule is NCCCCC(NC(=O)CNC(=O)[C@H](CCCCN)NC(=O)C(N)CNC(=O)c1ccccc1)C(N)=O. The van der Waals surface area contributed by atoms with E-state index in [-0.39, 0.29) is 18.9 Å². The second kappa shape index (κ2) is 17.8. The zero-order chi connectivity index (χ0) is 27.6. The molecule has 0 aliphatic rings. The molecule has 13 nitrogen and oxygen atoms in total. The molecule has 1 rings (SSSR count). The predicted molar refractivity (Wildman–Crippen MR) is 139 cm³/mol. The van der Waals surface area contributed by atoms with Crippen molar-refractivity contribution in [3.63, 3.8) is 0 Å². The molecule has 0 aliphatic heterocycles. The number of nitrogens with one attached hydrogen (secondary N) is 4. The zero-order valence-electron chi connectivity index (χ0n) is 21.0. The molecule has 13 heteroatoms. The molecule has 0 aromatic heterocycles. The van der Waals surface area contributed by atoms with Crippen molar-refractivity contribution in [3.05, 3.63) is 35.9 Å². The molecule has 0 saturated carbocycles. The number of amides is 5. The quantitative estimate of drug-likeness (QED) is 0.0966. The van der Waals surface area contributed by atoms with Crippen LogP contribution in [-0.4, -0.2) is 73.8 Å². The molecule has 206 valence electrons. The maximum absolute atomic E-state index is 12.7. The van der Waals surface area contributed by atoms with Gasteiger partial charge in [0.2, 0.25) is 23.6 Å². The van der Waals surface area contributed by atoms with Crippen LogP contribution in [0.2, 0.25) is 0 Å². The fourth-order valence-electron chi connectivity index (χ4n) is 3.34. The second-order valence-electron chi connectivity index (χ2n) is 8.55. The van der Waals surface area contributed by atoms with Crippen LogP contribution in [0.3, 0.4) is 0 Å². The highest BCUT2D eigenvalue weighted by molar-refractivity contribution is 5.95. The van der Waals surface area contributed by atoms with E-state index in [0.717, 1.165) is 0 Å². The largest absolute Gasteiger partial charge is 0.368 e. The van der Waals surface area contributed by atoms with Gasteiger partial charge in [0.05, 0.1) is 6.54 Å². The van der Waals surface area contributed by atoms with E-state index in [2.05, 4.69) is 21.3 Å². The monoisotopic (exact) mass is 520 g/mol. The van der Waals surface area contributed by atoms with E-state index in [1.807, 2.05) is 0 Å². The van der Waals surface area contributed by atoms with Crippen LogP contribution >= 0.6 is 0 Å². The van der Waals surface area contributed by atoms with E-state index < -0.39 is 48.3 Å². The molecule has 0 spiro atoms. The minimum atomic E-state index is -1.11. The molecule has 1 aromatic rings. The summed E-state index contributed by atoms with van der Waals surface area (Å²) in [7, 11) is 0. The average Bonchev–Trinajstić information content (AvgIpc) is 2.89. The van der Waals surface area contributed by atoms with Crippen LogP contribution in [0.25, 0.3) is 0 Å². The zero-order valence-corrected chi connectivity index (χ0v) is 21.0. The summed E-state index contributed by atoms with van der Waals surface area (Å²) >= 11 is 0. The first-order valence-corrected chi connectivity index (χ1v) is 12.3. The highest BCUT2D eigenvalue weighted by Crippen LogP contribution is 2.03. The number of carbonyl (C=O) groups is 5. The number of hydrogen-bond donors (Lipinski definition) is 8. The van der Waals surface area contributed by atoms with E-state index >= 15 is 0 Å². The van der Waals surface area contributed by atoms with Crippen LogP contribution in [-0.2, 0) is 19.2 Å². The van der Waals surface area contributed by atoms with Crippen molar-refractivity contribution in [2.24, 2.45) is 22.9 Å². The third kappa shape index (κ3) is 12.8. The van der Waals surface area contributed by atoms with Crippen molar-refractivity contribution in [3.8, 4) is 0 Å². The molecule has 3 atom stereocenters. The molecule has 0 bridgehead atoms. The van der Waals surface area contributed by atoms with Crippen LogP contribution in [0, 0.1) is 0 Å². The van der Waals surface area contributed by atoms with E-state index in [1.165, 1.54) is 0 Å². The maximum Gasteiger partial charge on any atom is 0.251 e. The maximum atomic E-state index is 12.7. The Hall–Kier alpha value is -3.55. The van der Waals surface area contributed by atoms with Crippen molar-refractivity contribution in [1.82, 2.24) is 21.3 Å². The molecule has 2 unspecified atom stereocenters. The number of hydrogen-bond acceptors (Lipinski definition) is 8.